The molecule has 9 nitrogen and oxygen atoms in total. The van der Waals surface area contributed by atoms with Crippen LogP contribution in [0.4, 0.5) is 4.79 Å². The van der Waals surface area contributed by atoms with Crippen LogP contribution >= 0.6 is 11.3 Å². The molecule has 1 N–H and O–H groups in total. The number of benzene rings is 1. The number of carbonyl (C=O) groups is 2. The molecule has 0 fully saturated rings. The minimum Gasteiger partial charge on any atom is -0.497 e. The standard InChI is InChI=1S/C18H19N5O4S/c1-26-12-5-3-11(4-6-12)16-20-18-23(21-16)13-7-8-22(10-14(13)28-18)17(25)19-9-15(24)27-2/h3-6H,7-10H2,1-2H3,(H,19,25). The van der Waals surface area contributed by atoms with Gasteiger partial charge in [-0.2, -0.15) is 4.98 Å². The Bertz CT molecular complexity index is 1030. The van der Waals surface area contributed by atoms with Crippen molar-refractivity contribution < 1.29 is 19.1 Å². The van der Waals surface area contributed by atoms with Gasteiger partial charge >= 0.3 is 12.0 Å². The minimum atomic E-state index is -0.476. The number of fused-ring (bicyclic) bond motifs is 3. The van der Waals surface area contributed by atoms with Crippen LogP contribution in [-0.4, -0.2) is 58.8 Å². The molecule has 0 spiro atoms. The lowest BCUT2D eigenvalue weighted by Crippen LogP contribution is -2.44. The van der Waals surface area contributed by atoms with E-state index in [4.69, 9.17) is 4.74 Å². The second-order valence-corrected chi connectivity index (χ2v) is 7.30. The zero-order chi connectivity index (χ0) is 19.7. The third-order valence-electron chi connectivity index (χ3n) is 4.57. The molecule has 10 heteroatoms. The fraction of sp³-hybridized carbons (Fsp3) is 0.333. The van der Waals surface area contributed by atoms with Crippen LogP contribution in [0.3, 0.4) is 0 Å². The van der Waals surface area contributed by atoms with Crippen molar-refractivity contribution >= 4 is 28.3 Å². The predicted octanol–water partition coefficient (Wildman–Crippen LogP) is 1.71. The molecule has 2 aromatic heterocycles. The van der Waals surface area contributed by atoms with Gasteiger partial charge in [-0.25, -0.2) is 9.31 Å². The number of methoxy groups -OCH3 is 2. The van der Waals surface area contributed by atoms with Crippen molar-refractivity contribution in [2.24, 2.45) is 0 Å². The maximum absolute atomic E-state index is 12.2. The van der Waals surface area contributed by atoms with Gasteiger partial charge in [0, 0.05) is 23.4 Å². The highest BCUT2D eigenvalue weighted by atomic mass is 32.1. The zero-order valence-electron chi connectivity index (χ0n) is 15.5. The monoisotopic (exact) mass is 401 g/mol. The highest BCUT2D eigenvalue weighted by molar-refractivity contribution is 7.17. The lowest BCUT2D eigenvalue weighted by atomic mass is 10.2. The Kier molecular flexibility index (Phi) is 4.86. The molecule has 1 aliphatic heterocycles. The number of urea groups is 1. The Hall–Kier alpha value is -3.14. The summed E-state index contributed by atoms with van der Waals surface area (Å²) in [4.78, 5) is 31.6. The van der Waals surface area contributed by atoms with Crippen molar-refractivity contribution in [3.63, 3.8) is 0 Å². The fourth-order valence-electron chi connectivity index (χ4n) is 3.06. The van der Waals surface area contributed by atoms with Crippen molar-refractivity contribution in [2.75, 3.05) is 27.3 Å². The number of hydrogen-bond acceptors (Lipinski definition) is 7. The number of thiazole rings is 1. The lowest BCUT2D eigenvalue weighted by molar-refractivity contribution is -0.139. The van der Waals surface area contributed by atoms with Gasteiger partial charge in [-0.05, 0) is 24.3 Å². The Labute approximate surface area is 164 Å². The Morgan fingerprint density at radius 1 is 1.25 bits per heavy atom. The summed E-state index contributed by atoms with van der Waals surface area (Å²) in [6, 6.07) is 7.33. The average Bonchev–Trinajstić information content (AvgIpc) is 3.29. The second kappa shape index (κ2) is 7.47. The first-order valence-corrected chi connectivity index (χ1v) is 9.52. The van der Waals surface area contributed by atoms with Crippen LogP contribution in [0.2, 0.25) is 0 Å². The normalized spacial score (nSPS) is 13.3. The Balaban J connectivity index is 1.51. The molecule has 3 aromatic rings. The SMILES string of the molecule is COC(=O)CNC(=O)N1CCc2c(sc3nc(-c4ccc(OC)cc4)nn23)C1. The number of nitrogens with zero attached hydrogens (tertiary/aromatic N) is 4. The van der Waals surface area contributed by atoms with Gasteiger partial charge < -0.3 is 19.7 Å². The first-order valence-electron chi connectivity index (χ1n) is 8.70. The summed E-state index contributed by atoms with van der Waals surface area (Å²) in [6.45, 7) is 0.874. The van der Waals surface area contributed by atoms with Crippen molar-refractivity contribution in [1.82, 2.24) is 24.8 Å². The topological polar surface area (TPSA) is 98.1 Å². The lowest BCUT2D eigenvalue weighted by Gasteiger charge is -2.26. The van der Waals surface area contributed by atoms with Gasteiger partial charge in [-0.3, -0.25) is 4.79 Å². The number of amides is 2. The number of esters is 1. The van der Waals surface area contributed by atoms with Crippen molar-refractivity contribution in [3.8, 4) is 17.1 Å². The summed E-state index contributed by atoms with van der Waals surface area (Å²) in [5, 5.41) is 7.22. The largest absolute Gasteiger partial charge is 0.497 e. The summed E-state index contributed by atoms with van der Waals surface area (Å²) >= 11 is 1.52. The van der Waals surface area contributed by atoms with E-state index in [-0.39, 0.29) is 12.6 Å². The molecular weight excluding hydrogens is 382 g/mol. The molecule has 0 bridgehead atoms. The number of ether oxygens (including phenoxy) is 2. The molecule has 1 aliphatic rings. The van der Waals surface area contributed by atoms with E-state index in [0.29, 0.717) is 25.3 Å². The second-order valence-electron chi connectivity index (χ2n) is 6.24. The molecule has 146 valence electrons. The molecule has 0 saturated heterocycles. The van der Waals surface area contributed by atoms with Crippen LogP contribution in [0.15, 0.2) is 24.3 Å². The van der Waals surface area contributed by atoms with Crippen LogP contribution in [0, 0.1) is 0 Å². The van der Waals surface area contributed by atoms with E-state index in [9.17, 15) is 9.59 Å². The van der Waals surface area contributed by atoms with Crippen LogP contribution in [0.25, 0.3) is 16.3 Å². The Morgan fingerprint density at radius 2 is 2.04 bits per heavy atom. The maximum Gasteiger partial charge on any atom is 0.325 e. The molecule has 0 unspecified atom stereocenters. The van der Waals surface area contributed by atoms with E-state index in [1.807, 2.05) is 28.8 Å². The Morgan fingerprint density at radius 3 is 2.75 bits per heavy atom. The molecule has 0 aliphatic carbocycles. The van der Waals surface area contributed by atoms with Crippen LogP contribution in [-0.2, 0) is 22.5 Å². The first kappa shape index (κ1) is 18.2. The number of carbonyl (C=O) groups excluding carboxylic acids is 2. The molecule has 1 aromatic carbocycles. The molecule has 0 saturated carbocycles. The summed E-state index contributed by atoms with van der Waals surface area (Å²) in [5.41, 5.74) is 1.99. The van der Waals surface area contributed by atoms with Crippen molar-refractivity contribution in [3.05, 3.63) is 34.8 Å². The molecule has 2 amide bonds. The average molecular weight is 401 g/mol. The minimum absolute atomic E-state index is 0.140. The maximum atomic E-state index is 12.2. The van der Waals surface area contributed by atoms with Crippen LogP contribution in [0.1, 0.15) is 10.6 Å². The summed E-state index contributed by atoms with van der Waals surface area (Å²) in [6.07, 6.45) is 0.673. The molecule has 3 heterocycles. The first-order chi connectivity index (χ1) is 13.6. The summed E-state index contributed by atoms with van der Waals surface area (Å²) in [5.74, 6) is 0.971. The predicted molar refractivity (Wildman–Crippen MR) is 102 cm³/mol. The van der Waals surface area contributed by atoms with Gasteiger partial charge in [0.05, 0.1) is 26.5 Å². The molecule has 28 heavy (non-hydrogen) atoms. The highest BCUT2D eigenvalue weighted by Gasteiger charge is 2.26. The van der Waals surface area contributed by atoms with Crippen molar-refractivity contribution in [2.45, 2.75) is 13.0 Å². The van der Waals surface area contributed by atoms with E-state index in [0.717, 1.165) is 26.8 Å². The summed E-state index contributed by atoms with van der Waals surface area (Å²) in [7, 11) is 2.92. The van der Waals surface area contributed by atoms with E-state index < -0.39 is 5.97 Å². The third-order valence-corrected chi connectivity index (χ3v) is 5.63. The number of nitrogens with one attached hydrogen (secondary N) is 1. The van der Waals surface area contributed by atoms with Crippen molar-refractivity contribution in [1.29, 1.82) is 0 Å². The van der Waals surface area contributed by atoms with Gasteiger partial charge in [0.2, 0.25) is 4.96 Å². The molecular formula is C18H19N5O4S. The quantitative estimate of drug-likeness (QED) is 0.669. The van der Waals surface area contributed by atoms with E-state index in [1.165, 1.54) is 18.4 Å². The van der Waals surface area contributed by atoms with Gasteiger partial charge in [-0.15, -0.1) is 5.10 Å². The van der Waals surface area contributed by atoms with E-state index in [1.54, 1.807) is 12.0 Å². The smallest absolute Gasteiger partial charge is 0.325 e. The molecule has 0 atom stereocenters. The van der Waals surface area contributed by atoms with Gasteiger partial charge in [0.1, 0.15) is 12.3 Å². The number of aromatic nitrogens is 3. The van der Waals surface area contributed by atoms with Crippen LogP contribution in [0.5, 0.6) is 5.75 Å². The summed E-state index contributed by atoms with van der Waals surface area (Å²) < 4.78 is 11.6. The zero-order valence-corrected chi connectivity index (χ0v) is 16.3. The fourth-order valence-corrected chi connectivity index (χ4v) is 4.17. The van der Waals surface area contributed by atoms with Crippen LogP contribution < -0.4 is 10.1 Å². The molecule has 0 radical (unpaired) electrons. The van der Waals surface area contributed by atoms with Gasteiger partial charge in [-0.1, -0.05) is 11.3 Å². The van der Waals surface area contributed by atoms with Gasteiger partial charge in [0.25, 0.3) is 0 Å². The van der Waals surface area contributed by atoms with E-state index >= 15 is 0 Å². The number of hydrogen-bond donors (Lipinski definition) is 1. The van der Waals surface area contributed by atoms with E-state index in [2.05, 4.69) is 20.1 Å². The molecule has 4 rings (SSSR count). The third kappa shape index (κ3) is 3.38. The highest BCUT2D eigenvalue weighted by Crippen LogP contribution is 2.30. The number of rotatable bonds is 4. The van der Waals surface area contributed by atoms with Gasteiger partial charge in [0.15, 0.2) is 5.82 Å².